The van der Waals surface area contributed by atoms with Crippen molar-refractivity contribution in [1.29, 1.82) is 0 Å². The third-order valence-electron chi connectivity index (χ3n) is 4.06. The van der Waals surface area contributed by atoms with Crippen LogP contribution in [0.15, 0.2) is 0 Å². The van der Waals surface area contributed by atoms with Gasteiger partial charge in [0, 0.05) is 26.2 Å². The Morgan fingerprint density at radius 1 is 1.21 bits per heavy atom. The van der Waals surface area contributed by atoms with E-state index in [1.54, 1.807) is 4.90 Å². The predicted octanol–water partition coefficient (Wildman–Crippen LogP) is 1.06. The molecule has 0 spiro atoms. The lowest BCUT2D eigenvalue weighted by atomic mass is 9.66. The van der Waals surface area contributed by atoms with Gasteiger partial charge in [0.1, 0.15) is 0 Å². The number of carbonyl (C=O) groups is 2. The lowest BCUT2D eigenvalue weighted by Gasteiger charge is -2.41. The van der Waals surface area contributed by atoms with Gasteiger partial charge in [-0.2, -0.15) is 0 Å². The van der Waals surface area contributed by atoms with Crippen molar-refractivity contribution >= 4 is 12.0 Å². The molecule has 2 N–H and O–H groups in total. The van der Waals surface area contributed by atoms with Gasteiger partial charge in [-0.05, 0) is 24.7 Å². The van der Waals surface area contributed by atoms with Gasteiger partial charge in [-0.25, -0.2) is 4.79 Å². The van der Waals surface area contributed by atoms with E-state index in [9.17, 15) is 9.59 Å². The van der Waals surface area contributed by atoms with E-state index in [0.717, 1.165) is 25.7 Å². The summed E-state index contributed by atoms with van der Waals surface area (Å²) in [7, 11) is 0. The number of hydrogen-bond acceptors (Lipinski definition) is 3. The number of carboxylic acids is 1. The number of urea groups is 1. The van der Waals surface area contributed by atoms with Crippen LogP contribution in [0.4, 0.5) is 4.79 Å². The zero-order chi connectivity index (χ0) is 13.7. The predicted molar refractivity (Wildman–Crippen MR) is 68.9 cm³/mol. The molecular weight excluding hydrogens is 248 g/mol. The summed E-state index contributed by atoms with van der Waals surface area (Å²) in [5, 5.41) is 11.8. The quantitative estimate of drug-likeness (QED) is 0.800. The van der Waals surface area contributed by atoms with Crippen molar-refractivity contribution < 1.29 is 19.4 Å². The Bertz CT molecular complexity index is 334. The molecule has 6 nitrogen and oxygen atoms in total. The minimum absolute atomic E-state index is 0.0952. The second kappa shape index (κ2) is 6.23. The fourth-order valence-corrected chi connectivity index (χ4v) is 2.74. The molecule has 0 aromatic carbocycles. The average Bonchev–Trinajstić information content (AvgIpc) is 2.60. The number of carbonyl (C=O) groups excluding carboxylic acids is 1. The van der Waals surface area contributed by atoms with Crippen LogP contribution < -0.4 is 5.32 Å². The Morgan fingerprint density at radius 2 is 2.00 bits per heavy atom. The SMILES string of the molecule is O=C(O)CC1(CNC(=O)N2CCCOCC2)CCC1. The van der Waals surface area contributed by atoms with Crippen molar-refractivity contribution in [2.24, 2.45) is 5.41 Å². The smallest absolute Gasteiger partial charge is 0.317 e. The Balaban J connectivity index is 1.79. The molecule has 0 atom stereocenters. The normalized spacial score (nSPS) is 22.2. The Kier molecular flexibility index (Phi) is 4.63. The average molecular weight is 270 g/mol. The van der Waals surface area contributed by atoms with Crippen LogP contribution in [-0.2, 0) is 9.53 Å². The maximum atomic E-state index is 12.0. The highest BCUT2D eigenvalue weighted by Gasteiger charge is 2.39. The third-order valence-corrected chi connectivity index (χ3v) is 4.06. The lowest BCUT2D eigenvalue weighted by Crippen LogP contribution is -2.48. The van der Waals surface area contributed by atoms with Crippen molar-refractivity contribution in [3.8, 4) is 0 Å². The number of aliphatic carboxylic acids is 1. The van der Waals surface area contributed by atoms with Gasteiger partial charge in [-0.15, -0.1) is 0 Å². The van der Waals surface area contributed by atoms with E-state index < -0.39 is 5.97 Å². The standard InChI is InChI=1S/C13H22N2O4/c16-11(17)9-13(3-1-4-13)10-14-12(18)15-5-2-7-19-8-6-15/h1-10H2,(H,14,18)(H,16,17). The maximum Gasteiger partial charge on any atom is 0.317 e. The Morgan fingerprint density at radius 3 is 2.63 bits per heavy atom. The molecule has 1 aliphatic heterocycles. The largest absolute Gasteiger partial charge is 0.481 e. The molecule has 1 saturated carbocycles. The van der Waals surface area contributed by atoms with Gasteiger partial charge < -0.3 is 20.1 Å². The molecule has 2 rings (SSSR count). The minimum atomic E-state index is -0.780. The van der Waals surface area contributed by atoms with Crippen LogP contribution in [-0.4, -0.2) is 54.9 Å². The molecule has 19 heavy (non-hydrogen) atoms. The third kappa shape index (κ3) is 3.83. The van der Waals surface area contributed by atoms with E-state index in [-0.39, 0.29) is 17.9 Å². The Hall–Kier alpha value is -1.30. The summed E-state index contributed by atoms with van der Waals surface area (Å²) in [6.07, 6.45) is 3.84. The van der Waals surface area contributed by atoms with Gasteiger partial charge in [0.2, 0.25) is 0 Å². The highest BCUT2D eigenvalue weighted by molar-refractivity contribution is 5.74. The molecule has 2 aliphatic rings. The van der Waals surface area contributed by atoms with E-state index in [1.807, 2.05) is 0 Å². The number of carboxylic acid groups (broad SMARTS) is 1. The van der Waals surface area contributed by atoms with Gasteiger partial charge in [0.05, 0.1) is 13.0 Å². The van der Waals surface area contributed by atoms with E-state index in [4.69, 9.17) is 9.84 Å². The van der Waals surface area contributed by atoms with Crippen LogP contribution in [0, 0.1) is 5.41 Å². The van der Waals surface area contributed by atoms with Crippen LogP contribution in [0.2, 0.25) is 0 Å². The van der Waals surface area contributed by atoms with Crippen molar-refractivity contribution in [1.82, 2.24) is 10.2 Å². The monoisotopic (exact) mass is 270 g/mol. The lowest BCUT2D eigenvalue weighted by molar-refractivity contribution is -0.141. The van der Waals surface area contributed by atoms with Crippen molar-refractivity contribution in [2.45, 2.75) is 32.1 Å². The molecule has 108 valence electrons. The van der Waals surface area contributed by atoms with E-state index >= 15 is 0 Å². The molecule has 0 unspecified atom stereocenters. The number of nitrogens with one attached hydrogen (secondary N) is 1. The first-order chi connectivity index (χ1) is 9.11. The summed E-state index contributed by atoms with van der Waals surface area (Å²) in [4.78, 5) is 24.6. The van der Waals surface area contributed by atoms with Crippen LogP contribution in [0.3, 0.4) is 0 Å². The fraction of sp³-hybridized carbons (Fsp3) is 0.846. The molecule has 0 aromatic heterocycles. The van der Waals surface area contributed by atoms with Crippen molar-refractivity contribution in [3.63, 3.8) is 0 Å². The summed E-state index contributed by atoms with van der Waals surface area (Å²) in [5.41, 5.74) is -0.218. The molecular formula is C13H22N2O4. The molecule has 0 aromatic rings. The molecule has 0 bridgehead atoms. The number of ether oxygens (including phenoxy) is 1. The van der Waals surface area contributed by atoms with E-state index in [2.05, 4.69) is 5.32 Å². The number of rotatable bonds is 4. The number of hydrogen-bond donors (Lipinski definition) is 2. The van der Waals surface area contributed by atoms with E-state index in [0.29, 0.717) is 32.8 Å². The van der Waals surface area contributed by atoms with Gasteiger partial charge in [-0.3, -0.25) is 4.79 Å². The molecule has 1 heterocycles. The van der Waals surface area contributed by atoms with Crippen LogP contribution >= 0.6 is 0 Å². The second-order valence-corrected chi connectivity index (χ2v) is 5.54. The first kappa shape index (κ1) is 14.1. The molecule has 0 radical (unpaired) electrons. The van der Waals surface area contributed by atoms with Gasteiger partial charge in [-0.1, -0.05) is 6.42 Å². The molecule has 1 aliphatic carbocycles. The van der Waals surface area contributed by atoms with Gasteiger partial charge >= 0.3 is 12.0 Å². The van der Waals surface area contributed by atoms with Crippen molar-refractivity contribution in [3.05, 3.63) is 0 Å². The first-order valence-corrected chi connectivity index (χ1v) is 6.94. The molecule has 2 amide bonds. The summed E-state index contributed by atoms with van der Waals surface area (Å²) in [5.74, 6) is -0.780. The van der Waals surface area contributed by atoms with E-state index in [1.165, 1.54) is 0 Å². The van der Waals surface area contributed by atoms with Crippen molar-refractivity contribution in [2.75, 3.05) is 32.8 Å². The first-order valence-electron chi connectivity index (χ1n) is 6.94. The molecule has 6 heteroatoms. The Labute approximate surface area is 113 Å². The second-order valence-electron chi connectivity index (χ2n) is 5.54. The molecule has 2 fully saturated rings. The number of nitrogens with zero attached hydrogens (tertiary/aromatic N) is 1. The highest BCUT2D eigenvalue weighted by Crippen LogP contribution is 2.43. The number of amides is 2. The zero-order valence-corrected chi connectivity index (χ0v) is 11.2. The summed E-state index contributed by atoms with van der Waals surface area (Å²) < 4.78 is 5.31. The van der Waals surface area contributed by atoms with Gasteiger partial charge in [0.15, 0.2) is 0 Å². The van der Waals surface area contributed by atoms with Gasteiger partial charge in [0.25, 0.3) is 0 Å². The highest BCUT2D eigenvalue weighted by atomic mass is 16.5. The summed E-state index contributed by atoms with van der Waals surface area (Å²) in [6, 6.07) is -0.0952. The fourth-order valence-electron chi connectivity index (χ4n) is 2.74. The maximum absolute atomic E-state index is 12.0. The van der Waals surface area contributed by atoms with Crippen LogP contribution in [0.5, 0.6) is 0 Å². The topological polar surface area (TPSA) is 78.9 Å². The molecule has 1 saturated heterocycles. The van der Waals surface area contributed by atoms with Crippen LogP contribution in [0.25, 0.3) is 0 Å². The van der Waals surface area contributed by atoms with Crippen LogP contribution in [0.1, 0.15) is 32.1 Å². The summed E-state index contributed by atoms with van der Waals surface area (Å²) >= 11 is 0. The minimum Gasteiger partial charge on any atom is -0.481 e. The summed E-state index contributed by atoms with van der Waals surface area (Å²) in [6.45, 7) is 3.06. The zero-order valence-electron chi connectivity index (χ0n) is 11.2.